The first-order valence-electron chi connectivity index (χ1n) is 8.07. The molecule has 0 bridgehead atoms. The molecule has 0 N–H and O–H groups in total. The van der Waals surface area contributed by atoms with Gasteiger partial charge in [-0.25, -0.2) is 14.2 Å². The third-order valence-corrected chi connectivity index (χ3v) is 4.23. The number of aromatic nitrogens is 6. The van der Waals surface area contributed by atoms with E-state index in [9.17, 15) is 4.79 Å². The maximum absolute atomic E-state index is 12.8. The number of fused-ring (bicyclic) bond motifs is 3. The van der Waals surface area contributed by atoms with Gasteiger partial charge >= 0.3 is 5.69 Å². The van der Waals surface area contributed by atoms with Crippen LogP contribution in [-0.4, -0.2) is 35.3 Å². The summed E-state index contributed by atoms with van der Waals surface area (Å²) in [6, 6.07) is 0. The minimum atomic E-state index is -0.135. The quantitative estimate of drug-likeness (QED) is 0.733. The highest BCUT2D eigenvalue weighted by molar-refractivity contribution is 5.85. The summed E-state index contributed by atoms with van der Waals surface area (Å²) in [5.41, 5.74) is 1.83. The van der Waals surface area contributed by atoms with Gasteiger partial charge in [-0.2, -0.15) is 0 Å². The van der Waals surface area contributed by atoms with Crippen molar-refractivity contribution in [2.24, 2.45) is 5.92 Å². The molecule has 3 aromatic rings. The Morgan fingerprint density at radius 2 is 2.22 bits per heavy atom. The van der Waals surface area contributed by atoms with Gasteiger partial charge in [0.2, 0.25) is 0 Å². The molecular weight excluding hydrogens is 296 g/mol. The second kappa shape index (κ2) is 5.45. The highest BCUT2D eigenvalue weighted by Crippen LogP contribution is 2.27. The topological polar surface area (TPSA) is 79.2 Å². The summed E-state index contributed by atoms with van der Waals surface area (Å²) in [4.78, 5) is 17.3. The lowest BCUT2D eigenvalue weighted by molar-refractivity contribution is -0.0301. The molecule has 1 aliphatic heterocycles. The highest BCUT2D eigenvalue weighted by atomic mass is 16.5. The number of ether oxygens (including phenoxy) is 1. The molecule has 0 aliphatic carbocycles. The van der Waals surface area contributed by atoms with Crippen LogP contribution in [0, 0.1) is 5.92 Å². The molecular formula is C15H20N6O2. The van der Waals surface area contributed by atoms with Crippen LogP contribution in [0.25, 0.3) is 16.8 Å². The zero-order valence-electron chi connectivity index (χ0n) is 13.3. The lowest BCUT2D eigenvalue weighted by Crippen LogP contribution is -2.30. The average molecular weight is 316 g/mol. The largest absolute Gasteiger partial charge is 0.358 e. The van der Waals surface area contributed by atoms with Crippen LogP contribution in [0.1, 0.15) is 39.3 Å². The SMILES string of the molecule is CC(C)Cn1c(=O)n2cnnc2c2ncn(C3CCCCO3)c21. The Morgan fingerprint density at radius 3 is 2.96 bits per heavy atom. The average Bonchev–Trinajstić information content (AvgIpc) is 3.18. The minimum absolute atomic E-state index is 0.0723. The Labute approximate surface area is 132 Å². The number of rotatable bonds is 3. The van der Waals surface area contributed by atoms with Crippen molar-refractivity contribution >= 4 is 16.8 Å². The van der Waals surface area contributed by atoms with E-state index in [-0.39, 0.29) is 11.9 Å². The van der Waals surface area contributed by atoms with E-state index in [1.54, 1.807) is 10.9 Å². The zero-order valence-corrected chi connectivity index (χ0v) is 13.3. The Morgan fingerprint density at radius 1 is 1.35 bits per heavy atom. The van der Waals surface area contributed by atoms with Crippen molar-refractivity contribution in [2.45, 2.75) is 45.9 Å². The van der Waals surface area contributed by atoms with E-state index < -0.39 is 0 Å². The Kier molecular flexibility index (Phi) is 3.41. The molecule has 1 aliphatic rings. The van der Waals surface area contributed by atoms with E-state index in [1.165, 1.54) is 10.7 Å². The summed E-state index contributed by atoms with van der Waals surface area (Å²) in [6.45, 7) is 5.53. The highest BCUT2D eigenvalue weighted by Gasteiger charge is 2.23. The molecule has 4 rings (SSSR count). The van der Waals surface area contributed by atoms with E-state index in [1.807, 2.05) is 4.57 Å². The van der Waals surface area contributed by atoms with Crippen LogP contribution in [0.5, 0.6) is 0 Å². The molecule has 0 amide bonds. The number of nitrogens with zero attached hydrogens (tertiary/aromatic N) is 6. The van der Waals surface area contributed by atoms with Crippen LogP contribution in [0.2, 0.25) is 0 Å². The van der Waals surface area contributed by atoms with Crippen molar-refractivity contribution in [3.05, 3.63) is 23.1 Å². The summed E-state index contributed by atoms with van der Waals surface area (Å²) < 4.78 is 11.1. The van der Waals surface area contributed by atoms with Crippen molar-refractivity contribution in [1.29, 1.82) is 0 Å². The van der Waals surface area contributed by atoms with Crippen LogP contribution in [-0.2, 0) is 11.3 Å². The zero-order chi connectivity index (χ0) is 16.0. The minimum Gasteiger partial charge on any atom is -0.358 e. The first kappa shape index (κ1) is 14.4. The third kappa shape index (κ3) is 2.24. The first-order chi connectivity index (χ1) is 11.2. The number of hydrogen-bond donors (Lipinski definition) is 0. The van der Waals surface area contributed by atoms with E-state index in [0.29, 0.717) is 23.6 Å². The lowest BCUT2D eigenvalue weighted by Gasteiger charge is -2.25. The van der Waals surface area contributed by atoms with Gasteiger partial charge in [0.15, 0.2) is 11.2 Å². The van der Waals surface area contributed by atoms with Gasteiger partial charge < -0.3 is 4.74 Å². The normalized spacial score (nSPS) is 19.2. The molecule has 1 fully saturated rings. The monoisotopic (exact) mass is 316 g/mol. The maximum atomic E-state index is 12.8. The van der Waals surface area contributed by atoms with Gasteiger partial charge in [-0.15, -0.1) is 10.2 Å². The van der Waals surface area contributed by atoms with Crippen molar-refractivity contribution in [2.75, 3.05) is 6.61 Å². The van der Waals surface area contributed by atoms with Gasteiger partial charge in [-0.1, -0.05) is 13.8 Å². The van der Waals surface area contributed by atoms with E-state index in [0.717, 1.165) is 31.5 Å². The van der Waals surface area contributed by atoms with Crippen LogP contribution < -0.4 is 5.69 Å². The summed E-state index contributed by atoms with van der Waals surface area (Å²) in [5, 5.41) is 7.94. The Balaban J connectivity index is 2.01. The predicted octanol–water partition coefficient (Wildman–Crippen LogP) is 1.60. The molecule has 0 radical (unpaired) electrons. The van der Waals surface area contributed by atoms with Gasteiger partial charge in [0.25, 0.3) is 0 Å². The van der Waals surface area contributed by atoms with Crippen LogP contribution >= 0.6 is 0 Å². The maximum Gasteiger partial charge on any atom is 0.336 e. The molecule has 8 heteroatoms. The van der Waals surface area contributed by atoms with Gasteiger partial charge in [0.05, 0.1) is 6.33 Å². The third-order valence-electron chi connectivity index (χ3n) is 4.23. The fourth-order valence-corrected chi connectivity index (χ4v) is 3.22. The predicted molar refractivity (Wildman–Crippen MR) is 84.2 cm³/mol. The van der Waals surface area contributed by atoms with Crippen molar-refractivity contribution in [1.82, 2.24) is 28.7 Å². The molecule has 0 spiro atoms. The van der Waals surface area contributed by atoms with Crippen molar-refractivity contribution < 1.29 is 4.74 Å². The van der Waals surface area contributed by atoms with Crippen LogP contribution in [0.15, 0.2) is 17.4 Å². The van der Waals surface area contributed by atoms with E-state index in [4.69, 9.17) is 4.74 Å². The summed E-state index contributed by atoms with van der Waals surface area (Å²) in [5.74, 6) is 0.334. The molecule has 8 nitrogen and oxygen atoms in total. The fourth-order valence-electron chi connectivity index (χ4n) is 3.22. The summed E-state index contributed by atoms with van der Waals surface area (Å²) in [7, 11) is 0. The molecule has 4 heterocycles. The molecule has 1 unspecified atom stereocenters. The summed E-state index contributed by atoms with van der Waals surface area (Å²) in [6.07, 6.45) is 6.26. The van der Waals surface area contributed by atoms with Crippen LogP contribution in [0.3, 0.4) is 0 Å². The van der Waals surface area contributed by atoms with Gasteiger partial charge in [0.1, 0.15) is 18.2 Å². The first-order valence-corrected chi connectivity index (χ1v) is 8.07. The van der Waals surface area contributed by atoms with Crippen molar-refractivity contribution in [3.63, 3.8) is 0 Å². The van der Waals surface area contributed by atoms with Crippen molar-refractivity contribution in [3.8, 4) is 0 Å². The standard InChI is InChI=1S/C15H20N6O2/c1-10(2)7-19-14-12(13-18-17-9-21(13)15(19)22)16-8-20(14)11-5-3-4-6-23-11/h8-11H,3-7H2,1-2H3. The van der Waals surface area contributed by atoms with E-state index in [2.05, 4.69) is 29.0 Å². The number of hydrogen-bond acceptors (Lipinski definition) is 5. The molecule has 0 saturated carbocycles. The fraction of sp³-hybridized carbons (Fsp3) is 0.600. The molecule has 23 heavy (non-hydrogen) atoms. The smallest absolute Gasteiger partial charge is 0.336 e. The molecule has 122 valence electrons. The number of imidazole rings is 1. The molecule has 0 aromatic carbocycles. The Bertz CT molecular complexity index is 900. The van der Waals surface area contributed by atoms with Gasteiger partial charge in [-0.3, -0.25) is 9.13 Å². The second-order valence-electron chi connectivity index (χ2n) is 6.46. The van der Waals surface area contributed by atoms with Gasteiger partial charge in [0, 0.05) is 13.2 Å². The molecule has 1 atom stereocenters. The molecule has 1 saturated heterocycles. The Hall–Kier alpha value is -2.22. The second-order valence-corrected chi connectivity index (χ2v) is 6.46. The summed E-state index contributed by atoms with van der Waals surface area (Å²) >= 11 is 0. The lowest BCUT2D eigenvalue weighted by atomic mass is 10.2. The van der Waals surface area contributed by atoms with E-state index >= 15 is 0 Å². The van der Waals surface area contributed by atoms with Crippen LogP contribution in [0.4, 0.5) is 0 Å². The molecule has 3 aromatic heterocycles. The van der Waals surface area contributed by atoms with Gasteiger partial charge in [-0.05, 0) is 25.2 Å².